The molecule has 6 nitrogen and oxygen atoms in total. The number of ether oxygens (including phenoxy) is 1. The number of aliphatic hydroxyl groups is 1. The first-order valence-corrected chi connectivity index (χ1v) is 12.1. The fourth-order valence-corrected chi connectivity index (χ4v) is 5.38. The Hall–Kier alpha value is -2.34. The second kappa shape index (κ2) is 9.26. The molecule has 1 aromatic carbocycles. The largest absolute Gasteiger partial charge is 0.480 e. The van der Waals surface area contributed by atoms with Gasteiger partial charge >= 0.3 is 5.63 Å². The van der Waals surface area contributed by atoms with E-state index in [0.717, 1.165) is 61.5 Å². The Labute approximate surface area is 189 Å². The molecule has 3 atom stereocenters. The molecule has 1 amide bonds. The van der Waals surface area contributed by atoms with E-state index in [1.807, 2.05) is 24.0 Å². The summed E-state index contributed by atoms with van der Waals surface area (Å²) in [5, 5.41) is 11.8. The molecule has 1 aromatic heterocycles. The molecular weight excluding hydrogens is 406 g/mol. The average Bonchev–Trinajstić information content (AvgIpc) is 2.78. The number of hydrogen-bond donors (Lipinski definition) is 1. The number of likely N-dealkylation sites (tertiary alicyclic amines) is 1. The monoisotopic (exact) mass is 441 g/mol. The Kier molecular flexibility index (Phi) is 6.61. The van der Waals surface area contributed by atoms with Gasteiger partial charge in [-0.2, -0.15) is 0 Å². The van der Waals surface area contributed by atoms with Gasteiger partial charge in [-0.15, -0.1) is 0 Å². The molecule has 1 aliphatic carbocycles. The lowest BCUT2D eigenvalue weighted by molar-refractivity contribution is -0.149. The van der Waals surface area contributed by atoms with E-state index >= 15 is 0 Å². The minimum Gasteiger partial charge on any atom is -0.480 e. The number of fused-ring (bicyclic) bond motifs is 2. The van der Waals surface area contributed by atoms with E-state index in [2.05, 4.69) is 6.92 Å². The standard InChI is InChI=1S/C26H35NO5/c1-4-5-8-19-15-23(28)32-24-17(2)22(11-10-21(19)24)31-18(3)25(29)27-14-13-26(30)12-7-6-9-20(26)16-27/h10-11,15,18,20,30H,4-9,12-14,16H2,1-3H3/t18-,20+,26-/m1/s1. The number of benzene rings is 1. The summed E-state index contributed by atoms with van der Waals surface area (Å²) in [6.45, 7) is 6.91. The van der Waals surface area contributed by atoms with Crippen LogP contribution in [0.5, 0.6) is 5.75 Å². The van der Waals surface area contributed by atoms with Crippen molar-refractivity contribution in [3.05, 3.63) is 39.7 Å². The fourth-order valence-electron chi connectivity index (χ4n) is 5.38. The molecule has 0 radical (unpaired) electrons. The Bertz CT molecular complexity index is 1040. The molecule has 0 bridgehead atoms. The van der Waals surface area contributed by atoms with Crippen LogP contribution in [0.25, 0.3) is 11.0 Å². The molecule has 6 heteroatoms. The summed E-state index contributed by atoms with van der Waals surface area (Å²) < 4.78 is 11.6. The lowest BCUT2D eigenvalue weighted by Gasteiger charge is -2.47. The quantitative estimate of drug-likeness (QED) is 0.674. The first-order chi connectivity index (χ1) is 15.3. The molecule has 2 aromatic rings. The first-order valence-electron chi connectivity index (χ1n) is 12.1. The summed E-state index contributed by atoms with van der Waals surface area (Å²) in [5.74, 6) is 0.648. The van der Waals surface area contributed by atoms with Gasteiger partial charge in [0.25, 0.3) is 5.91 Å². The molecule has 0 spiro atoms. The number of hydrogen-bond acceptors (Lipinski definition) is 5. The van der Waals surface area contributed by atoms with Crippen molar-refractivity contribution in [1.82, 2.24) is 4.90 Å². The predicted octanol–water partition coefficient (Wildman–Crippen LogP) is 4.36. The lowest BCUT2D eigenvalue weighted by Crippen LogP contribution is -2.56. The normalized spacial score (nSPS) is 24.2. The van der Waals surface area contributed by atoms with E-state index < -0.39 is 11.7 Å². The highest BCUT2D eigenvalue weighted by molar-refractivity contribution is 5.85. The molecule has 174 valence electrons. The zero-order valence-electron chi connectivity index (χ0n) is 19.5. The van der Waals surface area contributed by atoms with E-state index in [0.29, 0.717) is 30.8 Å². The highest BCUT2D eigenvalue weighted by Gasteiger charge is 2.44. The summed E-state index contributed by atoms with van der Waals surface area (Å²) in [6, 6.07) is 5.37. The summed E-state index contributed by atoms with van der Waals surface area (Å²) >= 11 is 0. The number of nitrogens with zero attached hydrogens (tertiary/aromatic N) is 1. The van der Waals surface area contributed by atoms with Gasteiger partial charge in [-0.1, -0.05) is 26.2 Å². The lowest BCUT2D eigenvalue weighted by atomic mass is 9.71. The van der Waals surface area contributed by atoms with Gasteiger partial charge in [-0.25, -0.2) is 4.79 Å². The van der Waals surface area contributed by atoms with Gasteiger partial charge < -0.3 is 19.2 Å². The predicted molar refractivity (Wildman–Crippen MR) is 124 cm³/mol. The maximum Gasteiger partial charge on any atom is 0.336 e. The second-order valence-corrected chi connectivity index (χ2v) is 9.60. The smallest absolute Gasteiger partial charge is 0.336 e. The highest BCUT2D eigenvalue weighted by atomic mass is 16.5. The van der Waals surface area contributed by atoms with Crippen LogP contribution >= 0.6 is 0 Å². The van der Waals surface area contributed by atoms with Crippen LogP contribution < -0.4 is 10.4 Å². The van der Waals surface area contributed by atoms with Crippen molar-refractivity contribution in [2.45, 2.75) is 83.8 Å². The van der Waals surface area contributed by atoms with Gasteiger partial charge in [0, 0.05) is 36.0 Å². The minimum absolute atomic E-state index is 0.0599. The van der Waals surface area contributed by atoms with Gasteiger partial charge in [-0.05, 0) is 63.6 Å². The van der Waals surface area contributed by atoms with Crippen molar-refractivity contribution in [1.29, 1.82) is 0 Å². The fraction of sp³-hybridized carbons (Fsp3) is 0.615. The number of unbranched alkanes of at least 4 members (excludes halogenated alkanes) is 1. The molecule has 2 fully saturated rings. The number of piperidine rings is 1. The van der Waals surface area contributed by atoms with Gasteiger partial charge in [0.05, 0.1) is 5.60 Å². The molecular formula is C26H35NO5. The van der Waals surface area contributed by atoms with Gasteiger partial charge in [0.1, 0.15) is 11.3 Å². The van der Waals surface area contributed by atoms with Gasteiger partial charge in [0.15, 0.2) is 6.10 Å². The van der Waals surface area contributed by atoms with Crippen LogP contribution in [-0.4, -0.2) is 40.7 Å². The minimum atomic E-state index is -0.657. The number of amides is 1. The summed E-state index contributed by atoms with van der Waals surface area (Å²) in [7, 11) is 0. The van der Waals surface area contributed by atoms with E-state index in [1.165, 1.54) is 0 Å². The Morgan fingerprint density at radius 1 is 1.34 bits per heavy atom. The topological polar surface area (TPSA) is 80.0 Å². The van der Waals surface area contributed by atoms with Crippen molar-refractivity contribution in [2.24, 2.45) is 5.92 Å². The zero-order chi connectivity index (χ0) is 22.9. The molecule has 2 aliphatic rings. The zero-order valence-corrected chi connectivity index (χ0v) is 19.5. The van der Waals surface area contributed by atoms with Crippen molar-refractivity contribution in [3.63, 3.8) is 0 Å². The third-order valence-electron chi connectivity index (χ3n) is 7.39. The van der Waals surface area contributed by atoms with Crippen LogP contribution in [0, 0.1) is 12.8 Å². The maximum atomic E-state index is 13.1. The number of aryl methyl sites for hydroxylation is 2. The Morgan fingerprint density at radius 3 is 2.94 bits per heavy atom. The number of rotatable bonds is 6. The van der Waals surface area contributed by atoms with Crippen molar-refractivity contribution < 1.29 is 19.1 Å². The number of carbonyl (C=O) groups excluding carboxylic acids is 1. The van der Waals surface area contributed by atoms with Crippen LogP contribution in [0.3, 0.4) is 0 Å². The SMILES string of the molecule is CCCCc1cc(=O)oc2c(C)c(O[C@H](C)C(=O)N3CC[C@]4(O)CCCC[C@H]4C3)ccc12. The van der Waals surface area contributed by atoms with Gasteiger partial charge in [-0.3, -0.25) is 4.79 Å². The third-order valence-corrected chi connectivity index (χ3v) is 7.39. The highest BCUT2D eigenvalue weighted by Crippen LogP contribution is 2.40. The molecule has 32 heavy (non-hydrogen) atoms. The van der Waals surface area contributed by atoms with Crippen molar-refractivity contribution in [2.75, 3.05) is 13.1 Å². The van der Waals surface area contributed by atoms with Gasteiger partial charge in [0.2, 0.25) is 0 Å². The van der Waals surface area contributed by atoms with Crippen molar-refractivity contribution in [3.8, 4) is 5.75 Å². The van der Waals surface area contributed by atoms with Crippen LogP contribution in [0.15, 0.2) is 27.4 Å². The molecule has 1 N–H and O–H groups in total. The molecule has 1 saturated carbocycles. The summed E-state index contributed by atoms with van der Waals surface area (Å²) in [5.41, 5.74) is 1.29. The second-order valence-electron chi connectivity index (χ2n) is 9.60. The summed E-state index contributed by atoms with van der Waals surface area (Å²) in [6.07, 6.45) is 6.86. The third kappa shape index (κ3) is 4.42. The Balaban J connectivity index is 1.51. The van der Waals surface area contributed by atoms with Crippen LogP contribution in [0.2, 0.25) is 0 Å². The molecule has 1 aliphatic heterocycles. The van der Waals surface area contributed by atoms with E-state index in [9.17, 15) is 14.7 Å². The number of carbonyl (C=O) groups is 1. The maximum absolute atomic E-state index is 13.1. The first kappa shape index (κ1) is 22.8. The molecule has 2 heterocycles. The van der Waals surface area contributed by atoms with Crippen LogP contribution in [0.1, 0.15) is 69.9 Å². The average molecular weight is 442 g/mol. The van der Waals surface area contributed by atoms with E-state index in [4.69, 9.17) is 9.15 Å². The molecule has 0 unspecified atom stereocenters. The van der Waals surface area contributed by atoms with Crippen LogP contribution in [-0.2, 0) is 11.2 Å². The van der Waals surface area contributed by atoms with E-state index in [1.54, 1.807) is 13.0 Å². The molecule has 4 rings (SSSR count). The summed E-state index contributed by atoms with van der Waals surface area (Å²) in [4.78, 5) is 27.1. The van der Waals surface area contributed by atoms with E-state index in [-0.39, 0.29) is 17.5 Å². The molecule has 1 saturated heterocycles. The Morgan fingerprint density at radius 2 is 2.16 bits per heavy atom. The van der Waals surface area contributed by atoms with Crippen molar-refractivity contribution >= 4 is 16.9 Å². The van der Waals surface area contributed by atoms with Crippen LogP contribution in [0.4, 0.5) is 0 Å².